The van der Waals surface area contributed by atoms with E-state index in [9.17, 15) is 18.0 Å². The minimum Gasteiger partial charge on any atom is -0.354 e. The van der Waals surface area contributed by atoms with Gasteiger partial charge in [-0.25, -0.2) is 8.42 Å². The maximum absolute atomic E-state index is 14.2. The van der Waals surface area contributed by atoms with E-state index in [1.807, 2.05) is 13.8 Å². The van der Waals surface area contributed by atoms with E-state index in [2.05, 4.69) is 5.32 Å². The summed E-state index contributed by atoms with van der Waals surface area (Å²) in [7, 11) is -4.19. The van der Waals surface area contributed by atoms with Crippen LogP contribution < -0.4 is 9.62 Å². The van der Waals surface area contributed by atoms with Crippen LogP contribution in [0.2, 0.25) is 15.1 Å². The Morgan fingerprint density at radius 2 is 1.55 bits per heavy atom. The van der Waals surface area contributed by atoms with Crippen molar-refractivity contribution in [2.75, 3.05) is 17.4 Å². The van der Waals surface area contributed by atoms with Crippen LogP contribution in [-0.2, 0) is 26.2 Å². The van der Waals surface area contributed by atoms with Crippen molar-refractivity contribution in [2.45, 2.75) is 64.4 Å². The number of anilines is 1. The number of carbonyl (C=O) groups excluding carboxylic acids is 2. The molecule has 42 heavy (non-hydrogen) atoms. The molecule has 0 aliphatic rings. The third-order valence-corrected chi connectivity index (χ3v) is 9.48. The van der Waals surface area contributed by atoms with Gasteiger partial charge in [0, 0.05) is 28.2 Å². The van der Waals surface area contributed by atoms with Crippen LogP contribution in [0.25, 0.3) is 0 Å². The molecule has 11 heteroatoms. The highest BCUT2D eigenvalue weighted by Crippen LogP contribution is 2.30. The maximum Gasteiger partial charge on any atom is 0.264 e. The number of halogens is 3. The van der Waals surface area contributed by atoms with Gasteiger partial charge < -0.3 is 10.2 Å². The first kappa shape index (κ1) is 33.7. The van der Waals surface area contributed by atoms with Crippen molar-refractivity contribution in [2.24, 2.45) is 0 Å². The summed E-state index contributed by atoms with van der Waals surface area (Å²) >= 11 is 18.7. The normalized spacial score (nSPS) is 12.1. The van der Waals surface area contributed by atoms with Crippen molar-refractivity contribution >= 4 is 62.3 Å². The summed E-state index contributed by atoms with van der Waals surface area (Å²) in [4.78, 5) is 28.9. The van der Waals surface area contributed by atoms with Crippen molar-refractivity contribution in [3.63, 3.8) is 0 Å². The van der Waals surface area contributed by atoms with E-state index in [4.69, 9.17) is 34.8 Å². The molecule has 1 unspecified atom stereocenters. The molecule has 3 aromatic rings. The summed E-state index contributed by atoms with van der Waals surface area (Å²) in [5.74, 6) is -0.886. The molecule has 226 valence electrons. The molecule has 1 atom stereocenters. The minimum atomic E-state index is -4.19. The van der Waals surface area contributed by atoms with Gasteiger partial charge in [-0.1, -0.05) is 78.8 Å². The van der Waals surface area contributed by atoms with Crippen molar-refractivity contribution < 1.29 is 18.0 Å². The van der Waals surface area contributed by atoms with Crippen LogP contribution in [0.15, 0.2) is 65.6 Å². The van der Waals surface area contributed by atoms with E-state index < -0.39 is 28.5 Å². The minimum absolute atomic E-state index is 0.0213. The van der Waals surface area contributed by atoms with Gasteiger partial charge in [-0.05, 0) is 80.3 Å². The Kier molecular flexibility index (Phi) is 12.1. The van der Waals surface area contributed by atoms with Crippen molar-refractivity contribution in [1.82, 2.24) is 10.2 Å². The van der Waals surface area contributed by atoms with Gasteiger partial charge in [0.1, 0.15) is 12.6 Å². The summed E-state index contributed by atoms with van der Waals surface area (Å²) < 4.78 is 29.2. The zero-order chi connectivity index (χ0) is 31.0. The number of unbranched alkanes of at least 4 members (excludes halogenated alkanes) is 1. The van der Waals surface area contributed by atoms with Crippen molar-refractivity contribution in [3.05, 3.63) is 92.4 Å². The predicted molar refractivity (Wildman–Crippen MR) is 171 cm³/mol. The predicted octanol–water partition coefficient (Wildman–Crippen LogP) is 7.18. The fraction of sp³-hybridized carbons (Fsp3) is 0.355. The number of rotatable bonds is 13. The molecule has 3 aromatic carbocycles. The number of amides is 2. The Hall–Kier alpha value is -2.78. The summed E-state index contributed by atoms with van der Waals surface area (Å²) in [5.41, 5.74) is 2.34. The third-order valence-electron chi connectivity index (χ3n) is 6.89. The largest absolute Gasteiger partial charge is 0.354 e. The lowest BCUT2D eigenvalue weighted by molar-refractivity contribution is -0.140. The molecule has 0 bridgehead atoms. The van der Waals surface area contributed by atoms with E-state index in [1.54, 1.807) is 62.4 Å². The Balaban J connectivity index is 2.09. The second-order valence-corrected chi connectivity index (χ2v) is 13.2. The van der Waals surface area contributed by atoms with Crippen LogP contribution in [-0.4, -0.2) is 44.3 Å². The Morgan fingerprint density at radius 3 is 2.14 bits per heavy atom. The number of aryl methyl sites for hydroxylation is 2. The molecule has 2 amide bonds. The van der Waals surface area contributed by atoms with Gasteiger partial charge in [0.2, 0.25) is 11.8 Å². The number of nitrogens with one attached hydrogen (secondary N) is 1. The first-order valence-corrected chi connectivity index (χ1v) is 16.3. The summed E-state index contributed by atoms with van der Waals surface area (Å²) in [6, 6.07) is 15.2. The van der Waals surface area contributed by atoms with Crippen molar-refractivity contribution in [1.29, 1.82) is 0 Å². The van der Waals surface area contributed by atoms with Gasteiger partial charge in [0.25, 0.3) is 10.0 Å². The Morgan fingerprint density at radius 1 is 0.905 bits per heavy atom. The molecule has 0 aliphatic heterocycles. The van der Waals surface area contributed by atoms with Crippen LogP contribution in [0, 0.1) is 13.8 Å². The van der Waals surface area contributed by atoms with Crippen molar-refractivity contribution in [3.8, 4) is 0 Å². The standard InChI is InChI=1S/C31H36Cl3N3O4S/c1-5-7-16-35-31(39)28(6-2)36(19-23-10-11-25(33)18-27(23)34)30(38)20-37(29-15-12-24(32)17-22(29)4)42(40,41)26-13-8-21(3)9-14-26/h8-15,17-18,28H,5-7,16,19-20H2,1-4H3,(H,35,39). The summed E-state index contributed by atoms with van der Waals surface area (Å²) in [6.45, 7) is 7.30. The van der Waals surface area contributed by atoms with Crippen LogP contribution in [0.4, 0.5) is 5.69 Å². The van der Waals surface area contributed by atoms with Gasteiger partial charge >= 0.3 is 0 Å². The molecule has 3 rings (SSSR count). The highest BCUT2D eigenvalue weighted by molar-refractivity contribution is 7.92. The first-order valence-electron chi connectivity index (χ1n) is 13.8. The monoisotopic (exact) mass is 651 g/mol. The Bertz CT molecular complexity index is 1510. The van der Waals surface area contributed by atoms with E-state index in [0.29, 0.717) is 44.8 Å². The molecule has 0 aliphatic carbocycles. The molecule has 0 spiro atoms. The van der Waals surface area contributed by atoms with Gasteiger partial charge in [-0.2, -0.15) is 0 Å². The van der Waals surface area contributed by atoms with Crippen LogP contribution in [0.5, 0.6) is 0 Å². The molecular formula is C31H36Cl3N3O4S. The maximum atomic E-state index is 14.2. The summed E-state index contributed by atoms with van der Waals surface area (Å²) in [5, 5.41) is 4.10. The van der Waals surface area contributed by atoms with E-state index in [0.717, 1.165) is 22.7 Å². The SMILES string of the molecule is CCCCNC(=O)C(CC)N(Cc1ccc(Cl)cc1Cl)C(=O)CN(c1ccc(Cl)cc1C)S(=O)(=O)c1ccc(C)cc1. The second kappa shape index (κ2) is 15.1. The molecular weight excluding hydrogens is 617 g/mol. The zero-order valence-electron chi connectivity index (χ0n) is 24.2. The number of hydrogen-bond donors (Lipinski definition) is 1. The fourth-order valence-electron chi connectivity index (χ4n) is 4.51. The van der Waals surface area contributed by atoms with Crippen LogP contribution >= 0.6 is 34.8 Å². The molecule has 0 heterocycles. The number of sulfonamides is 1. The number of carbonyl (C=O) groups is 2. The summed E-state index contributed by atoms with van der Waals surface area (Å²) in [6.07, 6.45) is 1.99. The van der Waals surface area contributed by atoms with Gasteiger partial charge in [-0.3, -0.25) is 13.9 Å². The molecule has 0 radical (unpaired) electrons. The van der Waals surface area contributed by atoms with Crippen LogP contribution in [0.1, 0.15) is 49.8 Å². The van der Waals surface area contributed by atoms with Crippen LogP contribution in [0.3, 0.4) is 0 Å². The molecule has 1 N–H and O–H groups in total. The average molecular weight is 653 g/mol. The molecule has 0 aromatic heterocycles. The van der Waals surface area contributed by atoms with Gasteiger partial charge in [0.05, 0.1) is 10.6 Å². The second-order valence-electron chi connectivity index (χ2n) is 10.1. The van der Waals surface area contributed by atoms with Gasteiger partial charge in [-0.15, -0.1) is 0 Å². The van der Waals surface area contributed by atoms with E-state index in [1.165, 1.54) is 17.0 Å². The number of hydrogen-bond acceptors (Lipinski definition) is 4. The molecule has 0 saturated heterocycles. The molecule has 0 saturated carbocycles. The lowest BCUT2D eigenvalue weighted by Crippen LogP contribution is -2.52. The Labute approximate surface area is 263 Å². The first-order chi connectivity index (χ1) is 19.9. The highest BCUT2D eigenvalue weighted by atomic mass is 35.5. The third kappa shape index (κ3) is 8.40. The average Bonchev–Trinajstić information content (AvgIpc) is 2.93. The lowest BCUT2D eigenvalue weighted by atomic mass is 10.1. The highest BCUT2D eigenvalue weighted by Gasteiger charge is 2.34. The smallest absolute Gasteiger partial charge is 0.264 e. The van der Waals surface area contributed by atoms with E-state index in [-0.39, 0.29) is 17.3 Å². The fourth-order valence-corrected chi connectivity index (χ4v) is 6.68. The number of benzene rings is 3. The quantitative estimate of drug-likeness (QED) is 0.198. The molecule has 0 fully saturated rings. The van der Waals surface area contributed by atoms with Gasteiger partial charge in [0.15, 0.2) is 0 Å². The topological polar surface area (TPSA) is 86.8 Å². The van der Waals surface area contributed by atoms with E-state index >= 15 is 0 Å². The number of nitrogens with zero attached hydrogens (tertiary/aromatic N) is 2. The zero-order valence-corrected chi connectivity index (χ0v) is 27.2. The lowest BCUT2D eigenvalue weighted by Gasteiger charge is -2.33. The molecule has 7 nitrogen and oxygen atoms in total.